The van der Waals surface area contributed by atoms with Gasteiger partial charge in [0.1, 0.15) is 5.52 Å². The molecular weight excluding hydrogens is 273 g/mol. The van der Waals surface area contributed by atoms with E-state index in [-0.39, 0.29) is 5.52 Å². The van der Waals surface area contributed by atoms with Crippen molar-refractivity contribution in [3.8, 4) is 0 Å². The quantitative estimate of drug-likeness (QED) is 0.783. The number of nitrogens with one attached hydrogen (secondary N) is 1. The molecule has 2 rings (SSSR count). The van der Waals surface area contributed by atoms with Crippen molar-refractivity contribution in [2.45, 2.75) is 13.1 Å². The Bertz CT molecular complexity index is 516. The largest absolute Gasteiger partial charge is 0.418 e. The Morgan fingerprint density at radius 3 is 2.60 bits per heavy atom. The molecule has 0 amide bonds. The zero-order chi connectivity index (χ0) is 11.2. The fourth-order valence-electron chi connectivity index (χ4n) is 1.42. The Hall–Kier alpha value is -1.04. The van der Waals surface area contributed by atoms with Crippen LogP contribution in [0.4, 0.5) is 13.2 Å². The molecule has 0 aliphatic heterocycles. The van der Waals surface area contributed by atoms with E-state index in [2.05, 4.69) is 26.1 Å². The summed E-state index contributed by atoms with van der Waals surface area (Å²) in [6.45, 7) is 1.68. The van der Waals surface area contributed by atoms with Gasteiger partial charge in [-0.15, -0.1) is 0 Å². The minimum atomic E-state index is -4.39. The molecule has 2 aromatic rings. The zero-order valence-electron chi connectivity index (χ0n) is 7.61. The summed E-state index contributed by atoms with van der Waals surface area (Å²) in [5, 5.41) is 6.69. The van der Waals surface area contributed by atoms with Crippen molar-refractivity contribution in [3.05, 3.63) is 27.9 Å². The Morgan fingerprint density at radius 2 is 2.00 bits per heavy atom. The number of aryl methyl sites for hydroxylation is 1. The molecule has 2 nitrogen and oxygen atoms in total. The second-order valence-corrected chi connectivity index (χ2v) is 4.11. The summed E-state index contributed by atoms with van der Waals surface area (Å²) in [5.41, 5.74) is -0.142. The maximum absolute atomic E-state index is 12.6. The van der Waals surface area contributed by atoms with Crippen LogP contribution in [0.15, 0.2) is 16.6 Å². The lowest BCUT2D eigenvalue weighted by Crippen LogP contribution is -2.05. The summed E-state index contributed by atoms with van der Waals surface area (Å²) in [6, 6.07) is 2.64. The van der Waals surface area contributed by atoms with Gasteiger partial charge in [0, 0.05) is 15.6 Å². The van der Waals surface area contributed by atoms with Gasteiger partial charge < -0.3 is 0 Å². The van der Waals surface area contributed by atoms with Crippen LogP contribution in [0.3, 0.4) is 0 Å². The molecule has 1 N–H and O–H groups in total. The fourth-order valence-corrected chi connectivity index (χ4v) is 1.88. The molecule has 0 fully saturated rings. The number of fused-ring (bicyclic) bond motifs is 1. The van der Waals surface area contributed by atoms with Gasteiger partial charge in [0.05, 0.1) is 5.56 Å². The molecule has 0 saturated heterocycles. The third-order valence-corrected chi connectivity index (χ3v) is 2.58. The van der Waals surface area contributed by atoms with Gasteiger partial charge in [-0.2, -0.15) is 18.3 Å². The van der Waals surface area contributed by atoms with Gasteiger partial charge in [-0.05, 0) is 19.1 Å². The van der Waals surface area contributed by atoms with Gasteiger partial charge in [0.25, 0.3) is 0 Å². The summed E-state index contributed by atoms with van der Waals surface area (Å²) >= 11 is 3.05. The number of H-pyrrole nitrogens is 1. The average molecular weight is 279 g/mol. The lowest BCUT2D eigenvalue weighted by atomic mass is 10.1. The molecule has 1 aromatic carbocycles. The summed E-state index contributed by atoms with van der Waals surface area (Å²) in [4.78, 5) is 0. The number of benzene rings is 1. The van der Waals surface area contributed by atoms with Gasteiger partial charge in [-0.1, -0.05) is 15.9 Å². The number of hydrogen-bond donors (Lipinski definition) is 1. The van der Waals surface area contributed by atoms with Crippen LogP contribution in [0.5, 0.6) is 0 Å². The van der Waals surface area contributed by atoms with Gasteiger partial charge >= 0.3 is 6.18 Å². The van der Waals surface area contributed by atoms with E-state index < -0.39 is 11.7 Å². The topological polar surface area (TPSA) is 28.7 Å². The van der Waals surface area contributed by atoms with E-state index in [1.54, 1.807) is 13.0 Å². The number of hydrogen-bond acceptors (Lipinski definition) is 1. The van der Waals surface area contributed by atoms with Crippen molar-refractivity contribution in [2.24, 2.45) is 0 Å². The summed E-state index contributed by atoms with van der Waals surface area (Å²) < 4.78 is 38.3. The van der Waals surface area contributed by atoms with E-state index in [0.717, 1.165) is 6.07 Å². The minimum Gasteiger partial charge on any atom is -0.282 e. The van der Waals surface area contributed by atoms with Gasteiger partial charge in [0.2, 0.25) is 0 Å². The number of rotatable bonds is 0. The van der Waals surface area contributed by atoms with Gasteiger partial charge in [-0.3, -0.25) is 5.10 Å². The Labute approximate surface area is 91.6 Å². The number of alkyl halides is 3. The number of aromatic amines is 1. The Balaban J connectivity index is 2.84. The van der Waals surface area contributed by atoms with E-state index in [1.807, 2.05) is 0 Å². The van der Waals surface area contributed by atoms with Crippen LogP contribution in [0.2, 0.25) is 0 Å². The normalized spacial score (nSPS) is 12.3. The van der Waals surface area contributed by atoms with Crippen LogP contribution in [0, 0.1) is 6.92 Å². The highest BCUT2D eigenvalue weighted by molar-refractivity contribution is 9.10. The molecule has 1 heterocycles. The van der Waals surface area contributed by atoms with Crippen LogP contribution >= 0.6 is 15.9 Å². The van der Waals surface area contributed by atoms with Crippen molar-refractivity contribution in [1.82, 2.24) is 10.2 Å². The third-order valence-electron chi connectivity index (χ3n) is 2.12. The van der Waals surface area contributed by atoms with Crippen LogP contribution in [0.1, 0.15) is 11.3 Å². The molecule has 0 unspecified atom stereocenters. The second kappa shape index (κ2) is 3.23. The molecule has 0 aliphatic rings. The highest BCUT2D eigenvalue weighted by Crippen LogP contribution is 2.36. The zero-order valence-corrected chi connectivity index (χ0v) is 9.20. The maximum atomic E-state index is 12.6. The molecule has 0 spiro atoms. The Morgan fingerprint density at radius 1 is 1.33 bits per heavy atom. The Kier molecular flexibility index (Phi) is 2.26. The summed E-state index contributed by atoms with van der Waals surface area (Å²) in [7, 11) is 0. The molecule has 6 heteroatoms. The van der Waals surface area contributed by atoms with Crippen molar-refractivity contribution in [3.63, 3.8) is 0 Å². The summed E-state index contributed by atoms with van der Waals surface area (Å²) in [6.07, 6.45) is -4.39. The molecule has 1 aromatic heterocycles. The molecule has 80 valence electrons. The fraction of sp³-hybridized carbons (Fsp3) is 0.222. The lowest BCUT2D eigenvalue weighted by Gasteiger charge is -2.07. The predicted octanol–water partition coefficient (Wildman–Crippen LogP) is 3.65. The minimum absolute atomic E-state index is 0.0387. The molecular formula is C9H6BrF3N2. The first-order valence-corrected chi connectivity index (χ1v) is 4.90. The predicted molar refractivity (Wildman–Crippen MR) is 53.5 cm³/mol. The second-order valence-electron chi connectivity index (χ2n) is 3.20. The number of aromatic nitrogens is 2. The summed E-state index contributed by atoms with van der Waals surface area (Å²) in [5.74, 6) is 0. The molecule has 0 saturated carbocycles. The van der Waals surface area contributed by atoms with Crippen LogP contribution in [-0.2, 0) is 6.18 Å². The highest BCUT2D eigenvalue weighted by atomic mass is 79.9. The SMILES string of the molecule is Cc1[nH]nc2c(C(F)(F)F)cc(Br)cc12. The van der Waals surface area contributed by atoms with E-state index in [1.165, 1.54) is 0 Å². The van der Waals surface area contributed by atoms with Crippen molar-refractivity contribution >= 4 is 26.8 Å². The number of nitrogens with zero attached hydrogens (tertiary/aromatic N) is 1. The van der Waals surface area contributed by atoms with E-state index >= 15 is 0 Å². The molecule has 0 aliphatic carbocycles. The first kappa shape index (κ1) is 10.5. The molecule has 0 atom stereocenters. The molecule has 0 bridgehead atoms. The first-order chi connectivity index (χ1) is 6.89. The first-order valence-electron chi connectivity index (χ1n) is 4.11. The third kappa shape index (κ3) is 1.73. The standard InChI is InChI=1S/C9H6BrF3N2/c1-4-6-2-5(10)3-7(9(11,12)13)8(6)15-14-4/h2-3H,1H3,(H,14,15). The average Bonchev–Trinajstić information content (AvgIpc) is 2.45. The van der Waals surface area contributed by atoms with Crippen LogP contribution in [0.25, 0.3) is 10.9 Å². The van der Waals surface area contributed by atoms with Crippen molar-refractivity contribution < 1.29 is 13.2 Å². The van der Waals surface area contributed by atoms with E-state index in [4.69, 9.17) is 0 Å². The number of halogens is 4. The van der Waals surface area contributed by atoms with Crippen LogP contribution < -0.4 is 0 Å². The van der Waals surface area contributed by atoms with Crippen molar-refractivity contribution in [1.29, 1.82) is 0 Å². The molecule has 15 heavy (non-hydrogen) atoms. The maximum Gasteiger partial charge on any atom is 0.418 e. The van der Waals surface area contributed by atoms with Gasteiger partial charge in [-0.25, -0.2) is 0 Å². The smallest absolute Gasteiger partial charge is 0.282 e. The highest BCUT2D eigenvalue weighted by Gasteiger charge is 2.34. The van der Waals surface area contributed by atoms with E-state index in [9.17, 15) is 13.2 Å². The monoisotopic (exact) mass is 278 g/mol. The van der Waals surface area contributed by atoms with Crippen molar-refractivity contribution in [2.75, 3.05) is 0 Å². The molecule has 0 radical (unpaired) electrons. The lowest BCUT2D eigenvalue weighted by molar-refractivity contribution is -0.136. The van der Waals surface area contributed by atoms with Gasteiger partial charge in [0.15, 0.2) is 0 Å². The van der Waals surface area contributed by atoms with Crippen LogP contribution in [-0.4, -0.2) is 10.2 Å². The van der Waals surface area contributed by atoms with E-state index in [0.29, 0.717) is 15.6 Å².